The molecule has 0 spiro atoms. The summed E-state index contributed by atoms with van der Waals surface area (Å²) in [7, 11) is -4.09. The number of oxazole rings is 1. The van der Waals surface area contributed by atoms with E-state index in [1.54, 1.807) is 52.0 Å². The zero-order chi connectivity index (χ0) is 29.0. The highest BCUT2D eigenvalue weighted by atomic mass is 32.2. The lowest BCUT2D eigenvalue weighted by Crippen LogP contribution is -2.49. The topological polar surface area (TPSA) is 122 Å². The van der Waals surface area contributed by atoms with Crippen molar-refractivity contribution < 1.29 is 40.6 Å². The van der Waals surface area contributed by atoms with Gasteiger partial charge in [-0.25, -0.2) is 4.98 Å². The summed E-state index contributed by atoms with van der Waals surface area (Å²) in [6.45, 7) is 5.94. The van der Waals surface area contributed by atoms with Crippen LogP contribution in [0.1, 0.15) is 43.4 Å². The monoisotopic (exact) mass is 569 g/mol. The van der Waals surface area contributed by atoms with Crippen LogP contribution in [0.4, 0.5) is 13.2 Å². The highest BCUT2D eigenvalue weighted by molar-refractivity contribution is 7.87. The highest BCUT2D eigenvalue weighted by Crippen LogP contribution is 2.31. The van der Waals surface area contributed by atoms with Gasteiger partial charge in [-0.15, -0.1) is 0 Å². The molecule has 212 valence electrons. The standard InChI is InChI=1S/C26H30F3N3O6S/c1-17-22(30-24(38-17)19-8-10-20(11-9-19)26(27,28)29)12-13-37-21-7-5-6-18(14-21)15-32(16-23(33)34)39(35,36)31-25(2,3)4/h5-11,14,31H,12-13,15-16H2,1-4H3,(H,33,34). The van der Waals surface area contributed by atoms with E-state index in [-0.39, 0.29) is 19.0 Å². The van der Waals surface area contributed by atoms with Gasteiger partial charge < -0.3 is 14.3 Å². The van der Waals surface area contributed by atoms with Crippen LogP contribution in [-0.4, -0.2) is 47.5 Å². The van der Waals surface area contributed by atoms with Gasteiger partial charge in [0.2, 0.25) is 5.89 Å². The van der Waals surface area contributed by atoms with Gasteiger partial charge in [0.15, 0.2) is 0 Å². The maximum atomic E-state index is 12.8. The SMILES string of the molecule is Cc1oc(-c2ccc(C(F)(F)F)cc2)nc1CCOc1cccc(CN(CC(=O)O)S(=O)(=O)NC(C)(C)C)c1. The first-order chi connectivity index (χ1) is 18.0. The average molecular weight is 570 g/mol. The van der Waals surface area contributed by atoms with Crippen LogP contribution in [0.25, 0.3) is 11.5 Å². The lowest BCUT2D eigenvalue weighted by atomic mass is 10.1. The fourth-order valence-electron chi connectivity index (χ4n) is 3.62. The molecule has 0 saturated heterocycles. The van der Waals surface area contributed by atoms with E-state index in [2.05, 4.69) is 9.71 Å². The number of ether oxygens (including phenoxy) is 1. The van der Waals surface area contributed by atoms with Crippen molar-refractivity contribution in [1.29, 1.82) is 0 Å². The van der Waals surface area contributed by atoms with Gasteiger partial charge in [0, 0.05) is 24.1 Å². The van der Waals surface area contributed by atoms with Crippen molar-refractivity contribution in [1.82, 2.24) is 14.0 Å². The Labute approximate surface area is 224 Å². The Bertz CT molecular complexity index is 1400. The summed E-state index contributed by atoms with van der Waals surface area (Å²) < 4.78 is 78.6. The first kappa shape index (κ1) is 30.1. The van der Waals surface area contributed by atoms with Gasteiger partial charge >= 0.3 is 12.1 Å². The van der Waals surface area contributed by atoms with Crippen molar-refractivity contribution >= 4 is 16.2 Å². The molecule has 0 atom stereocenters. The maximum absolute atomic E-state index is 12.8. The van der Waals surface area contributed by atoms with Gasteiger partial charge in [0.05, 0.1) is 17.9 Å². The van der Waals surface area contributed by atoms with E-state index >= 15 is 0 Å². The minimum atomic E-state index is -4.43. The van der Waals surface area contributed by atoms with Crippen LogP contribution in [0.2, 0.25) is 0 Å². The number of carboxylic acid groups (broad SMARTS) is 1. The summed E-state index contributed by atoms with van der Waals surface area (Å²) in [6, 6.07) is 11.1. The quantitative estimate of drug-likeness (QED) is 0.340. The Hall–Kier alpha value is -3.42. The molecule has 0 aliphatic heterocycles. The zero-order valence-corrected chi connectivity index (χ0v) is 22.7. The second-order valence-corrected chi connectivity index (χ2v) is 11.5. The first-order valence-electron chi connectivity index (χ1n) is 11.9. The third-order valence-electron chi connectivity index (χ3n) is 5.30. The van der Waals surface area contributed by atoms with E-state index < -0.39 is 40.0 Å². The van der Waals surface area contributed by atoms with Gasteiger partial charge in [-0.05, 0) is 69.7 Å². The number of carbonyl (C=O) groups is 1. The van der Waals surface area contributed by atoms with Crippen LogP contribution in [0.5, 0.6) is 5.75 Å². The second-order valence-electron chi connectivity index (χ2n) is 9.86. The van der Waals surface area contributed by atoms with Crippen molar-refractivity contribution in [3.8, 4) is 17.2 Å². The van der Waals surface area contributed by atoms with Gasteiger partial charge in [0.25, 0.3) is 10.2 Å². The molecule has 2 N–H and O–H groups in total. The van der Waals surface area contributed by atoms with Crippen molar-refractivity contribution in [2.45, 2.75) is 52.4 Å². The Balaban J connectivity index is 1.65. The molecule has 1 aromatic heterocycles. The molecule has 2 aromatic carbocycles. The molecule has 13 heteroatoms. The Morgan fingerprint density at radius 3 is 2.38 bits per heavy atom. The maximum Gasteiger partial charge on any atom is 0.416 e. The Morgan fingerprint density at radius 2 is 1.79 bits per heavy atom. The number of carboxylic acids is 1. The molecule has 0 saturated carbocycles. The van der Waals surface area contributed by atoms with Crippen molar-refractivity contribution in [3.05, 3.63) is 71.1 Å². The number of hydrogen-bond donors (Lipinski definition) is 2. The van der Waals surface area contributed by atoms with Gasteiger partial charge in [-0.2, -0.15) is 30.6 Å². The summed E-state index contributed by atoms with van der Waals surface area (Å²) in [5.74, 6) is -0.154. The molecule has 9 nitrogen and oxygen atoms in total. The molecule has 0 unspecified atom stereocenters. The summed E-state index contributed by atoms with van der Waals surface area (Å²) >= 11 is 0. The minimum absolute atomic E-state index is 0.187. The predicted molar refractivity (Wildman–Crippen MR) is 137 cm³/mol. The van der Waals surface area contributed by atoms with Crippen molar-refractivity contribution in [3.63, 3.8) is 0 Å². The summed E-state index contributed by atoms with van der Waals surface area (Å²) in [4.78, 5) is 15.7. The number of alkyl halides is 3. The Kier molecular flexibility index (Phi) is 9.08. The third kappa shape index (κ3) is 8.80. The highest BCUT2D eigenvalue weighted by Gasteiger charge is 2.30. The second kappa shape index (κ2) is 11.8. The van der Waals surface area contributed by atoms with E-state index in [0.29, 0.717) is 34.8 Å². The third-order valence-corrected chi connectivity index (χ3v) is 7.11. The van der Waals surface area contributed by atoms with E-state index in [1.165, 1.54) is 12.1 Å². The molecular weight excluding hydrogens is 539 g/mol. The molecule has 0 bridgehead atoms. The van der Waals surface area contributed by atoms with Gasteiger partial charge in [-0.1, -0.05) is 12.1 Å². The molecule has 0 aliphatic rings. The number of rotatable bonds is 11. The van der Waals surface area contributed by atoms with E-state index in [1.807, 2.05) is 0 Å². The normalized spacial score (nSPS) is 12.6. The van der Waals surface area contributed by atoms with Gasteiger partial charge in [-0.3, -0.25) is 4.79 Å². The van der Waals surface area contributed by atoms with Crippen LogP contribution < -0.4 is 9.46 Å². The summed E-state index contributed by atoms with van der Waals surface area (Å²) in [5, 5.41) is 9.23. The van der Waals surface area contributed by atoms with Crippen LogP contribution in [0.15, 0.2) is 52.9 Å². The number of aromatic nitrogens is 1. The molecule has 39 heavy (non-hydrogen) atoms. The fourth-order valence-corrected chi connectivity index (χ4v) is 5.12. The van der Waals surface area contributed by atoms with Gasteiger partial charge in [0.1, 0.15) is 18.1 Å². The molecule has 0 aliphatic carbocycles. The lowest BCUT2D eigenvalue weighted by Gasteiger charge is -2.27. The molecular formula is C26H30F3N3O6S. The number of hydrogen-bond acceptors (Lipinski definition) is 6. The number of nitrogens with zero attached hydrogens (tertiary/aromatic N) is 2. The van der Waals surface area contributed by atoms with Crippen LogP contribution >= 0.6 is 0 Å². The number of aliphatic carboxylic acids is 1. The minimum Gasteiger partial charge on any atom is -0.493 e. The van der Waals surface area contributed by atoms with Crippen molar-refractivity contribution in [2.24, 2.45) is 0 Å². The van der Waals surface area contributed by atoms with E-state index in [9.17, 15) is 31.5 Å². The molecule has 3 aromatic rings. The smallest absolute Gasteiger partial charge is 0.416 e. The number of benzene rings is 2. The molecule has 0 amide bonds. The zero-order valence-electron chi connectivity index (χ0n) is 21.9. The summed E-state index contributed by atoms with van der Waals surface area (Å²) in [5.41, 5.74) is -0.0535. The molecule has 1 heterocycles. The first-order valence-corrected chi connectivity index (χ1v) is 13.3. The molecule has 0 fully saturated rings. The van der Waals surface area contributed by atoms with Crippen molar-refractivity contribution in [2.75, 3.05) is 13.2 Å². The fraction of sp³-hybridized carbons (Fsp3) is 0.385. The van der Waals surface area contributed by atoms with Crippen LogP contribution in [0, 0.1) is 6.92 Å². The number of aryl methyl sites for hydroxylation is 1. The average Bonchev–Trinajstić information content (AvgIpc) is 3.17. The molecule has 0 radical (unpaired) electrons. The van der Waals surface area contributed by atoms with E-state index in [4.69, 9.17) is 9.15 Å². The largest absolute Gasteiger partial charge is 0.493 e. The number of nitrogens with one attached hydrogen (secondary N) is 1. The van der Waals surface area contributed by atoms with E-state index in [0.717, 1.165) is 16.4 Å². The predicted octanol–water partition coefficient (Wildman–Crippen LogP) is 4.81. The molecule has 3 rings (SSSR count). The number of halogens is 3. The summed E-state index contributed by atoms with van der Waals surface area (Å²) in [6.07, 6.45) is -4.09. The lowest BCUT2D eigenvalue weighted by molar-refractivity contribution is -0.138. The van der Waals surface area contributed by atoms with Crippen LogP contribution in [0.3, 0.4) is 0 Å². The Morgan fingerprint density at radius 1 is 1.13 bits per heavy atom. The van der Waals surface area contributed by atoms with Crippen LogP contribution in [-0.2, 0) is 34.1 Å².